The molecular weight excluding hydrogens is 261 g/mol. The fraction of sp³-hybridized carbons (Fsp3) is 0. The lowest BCUT2D eigenvalue weighted by molar-refractivity contribution is 0.598. The molecule has 0 saturated heterocycles. The summed E-state index contributed by atoms with van der Waals surface area (Å²) in [5.41, 5.74) is 2.50. The van der Waals surface area contributed by atoms with Gasteiger partial charge >= 0.3 is 8.05 Å². The van der Waals surface area contributed by atoms with Gasteiger partial charge in [-0.3, -0.25) is 0 Å². The number of fused-ring (bicyclic) bond motifs is 2. The molecule has 0 N–H and O–H groups in total. The zero-order chi connectivity index (χ0) is 14.2. The van der Waals surface area contributed by atoms with Gasteiger partial charge in [0.2, 0.25) is 5.89 Å². The molecule has 4 rings (SSSR count). The van der Waals surface area contributed by atoms with Crippen LogP contribution in [0.15, 0.2) is 65.1 Å². The molecule has 0 aliphatic rings. The molecule has 4 heteroatoms. The molecule has 0 aliphatic heterocycles. The summed E-state index contributed by atoms with van der Waals surface area (Å²) >= 11 is 0. The van der Waals surface area contributed by atoms with Gasteiger partial charge in [0.05, 0.1) is 5.56 Å². The summed E-state index contributed by atoms with van der Waals surface area (Å²) in [5.74, 6) is 1.37. The maximum absolute atomic E-state index is 5.85. The van der Waals surface area contributed by atoms with Crippen molar-refractivity contribution < 1.29 is 9.07 Å². The maximum atomic E-state index is 5.85. The summed E-state index contributed by atoms with van der Waals surface area (Å²) in [7, 11) is 1.67. The highest BCUT2D eigenvalue weighted by molar-refractivity contribution is 6.04. The Kier molecular flexibility index (Phi) is 2.67. The van der Waals surface area contributed by atoms with E-state index in [0.29, 0.717) is 5.89 Å². The largest absolute Gasteiger partial charge is 0.567 e. The van der Waals surface area contributed by atoms with Crippen LogP contribution in [0.4, 0.5) is 0 Å². The third kappa shape index (κ3) is 1.88. The van der Waals surface area contributed by atoms with Crippen molar-refractivity contribution in [3.05, 3.63) is 60.7 Å². The Bertz CT molecular complexity index is 913. The van der Waals surface area contributed by atoms with Crippen molar-refractivity contribution in [3.63, 3.8) is 0 Å². The van der Waals surface area contributed by atoms with E-state index in [4.69, 9.17) is 9.07 Å². The molecule has 1 heterocycles. The summed E-state index contributed by atoms with van der Waals surface area (Å²) < 4.78 is 11.5. The molecule has 0 radical (unpaired) electrons. The molecule has 0 unspecified atom stereocenters. The number of aromatic nitrogens is 1. The highest BCUT2D eigenvalue weighted by Crippen LogP contribution is 2.37. The van der Waals surface area contributed by atoms with E-state index in [0.717, 1.165) is 33.2 Å². The number of para-hydroxylation sites is 2. The van der Waals surface area contributed by atoms with Gasteiger partial charge in [0.25, 0.3) is 0 Å². The van der Waals surface area contributed by atoms with Gasteiger partial charge < -0.3 is 9.07 Å². The van der Waals surface area contributed by atoms with E-state index >= 15 is 0 Å². The second kappa shape index (κ2) is 4.67. The Morgan fingerprint density at radius 2 is 1.71 bits per heavy atom. The molecule has 1 aromatic heterocycles. The van der Waals surface area contributed by atoms with Crippen LogP contribution < -0.4 is 4.65 Å². The molecule has 3 aromatic carbocycles. The predicted molar refractivity (Wildman–Crippen MR) is 86.1 cm³/mol. The lowest BCUT2D eigenvalue weighted by Crippen LogP contribution is -1.91. The van der Waals surface area contributed by atoms with E-state index in [2.05, 4.69) is 17.1 Å². The molecule has 0 fully saturated rings. The van der Waals surface area contributed by atoms with Crippen molar-refractivity contribution in [3.8, 4) is 17.2 Å². The van der Waals surface area contributed by atoms with Crippen LogP contribution in [-0.2, 0) is 0 Å². The third-order valence-electron chi connectivity index (χ3n) is 3.61. The molecule has 0 atom stereocenters. The van der Waals surface area contributed by atoms with Gasteiger partial charge in [0, 0.05) is 5.39 Å². The van der Waals surface area contributed by atoms with Gasteiger partial charge in [-0.15, -0.1) is 0 Å². The van der Waals surface area contributed by atoms with Crippen LogP contribution in [0, 0.1) is 0 Å². The first-order chi connectivity index (χ1) is 10.4. The van der Waals surface area contributed by atoms with Crippen LogP contribution in [0.25, 0.3) is 33.3 Å². The fourth-order valence-corrected chi connectivity index (χ4v) is 2.62. The number of oxazole rings is 1. The number of benzene rings is 3. The van der Waals surface area contributed by atoms with Crippen LogP contribution in [0.5, 0.6) is 5.75 Å². The topological polar surface area (TPSA) is 35.3 Å². The van der Waals surface area contributed by atoms with Gasteiger partial charge in [-0.2, -0.15) is 0 Å². The zero-order valence-corrected chi connectivity index (χ0v) is 11.5. The summed E-state index contributed by atoms with van der Waals surface area (Å²) in [4.78, 5) is 4.55. The highest BCUT2D eigenvalue weighted by Gasteiger charge is 2.14. The Morgan fingerprint density at radius 3 is 2.57 bits per heavy atom. The van der Waals surface area contributed by atoms with Crippen molar-refractivity contribution in [1.29, 1.82) is 0 Å². The summed E-state index contributed by atoms with van der Waals surface area (Å²) in [5, 5.41) is 2.19. The molecule has 3 nitrogen and oxygen atoms in total. The average molecular weight is 273 g/mol. The van der Waals surface area contributed by atoms with E-state index in [1.165, 1.54) is 0 Å². The van der Waals surface area contributed by atoms with E-state index in [9.17, 15) is 0 Å². The van der Waals surface area contributed by atoms with E-state index < -0.39 is 0 Å². The van der Waals surface area contributed by atoms with Crippen molar-refractivity contribution in [1.82, 2.24) is 4.98 Å². The molecule has 4 aromatic rings. The first-order valence-corrected chi connectivity index (χ1v) is 6.78. The number of nitrogens with zero attached hydrogens (tertiary/aromatic N) is 1. The fourth-order valence-electron chi connectivity index (χ4n) is 2.62. The minimum Gasteiger partial charge on any atom is -0.567 e. The molecule has 0 spiro atoms. The van der Waals surface area contributed by atoms with Crippen LogP contribution in [-0.4, -0.2) is 13.0 Å². The first-order valence-electron chi connectivity index (χ1n) is 6.78. The molecule has 21 heavy (non-hydrogen) atoms. The predicted octanol–water partition coefficient (Wildman–Crippen LogP) is 3.57. The monoisotopic (exact) mass is 273 g/mol. The molecule has 0 saturated carbocycles. The van der Waals surface area contributed by atoms with Gasteiger partial charge in [-0.1, -0.05) is 42.5 Å². The average Bonchev–Trinajstić information content (AvgIpc) is 2.97. The summed E-state index contributed by atoms with van der Waals surface area (Å²) in [6, 6.07) is 19.9. The quantitative estimate of drug-likeness (QED) is 0.524. The molecule has 0 amide bonds. The first kappa shape index (κ1) is 12.0. The Hall–Kier alpha value is -2.75. The van der Waals surface area contributed by atoms with Crippen LogP contribution in [0.2, 0.25) is 0 Å². The number of hydrogen-bond donors (Lipinski definition) is 0. The second-order valence-corrected chi connectivity index (χ2v) is 4.85. The normalized spacial score (nSPS) is 11.0. The Morgan fingerprint density at radius 1 is 0.905 bits per heavy atom. The van der Waals surface area contributed by atoms with Crippen molar-refractivity contribution in [2.24, 2.45) is 0 Å². The number of rotatable bonds is 2. The minimum atomic E-state index is 0.582. The third-order valence-corrected chi connectivity index (χ3v) is 3.61. The highest BCUT2D eigenvalue weighted by atomic mass is 16.4. The smallest absolute Gasteiger partial charge is 0.322 e. The maximum Gasteiger partial charge on any atom is 0.322 e. The van der Waals surface area contributed by atoms with Crippen LogP contribution in [0.1, 0.15) is 0 Å². The standard InChI is InChI=1S/C17H12BNO2/c18-21-16-12-6-2-1-5-11(12)9-10-13(16)17-19-14-7-3-4-8-15(14)20-17/h1-10H,18H2. The van der Waals surface area contributed by atoms with Gasteiger partial charge in [-0.05, 0) is 23.6 Å². The van der Waals surface area contributed by atoms with Gasteiger partial charge in [0.15, 0.2) is 5.58 Å². The van der Waals surface area contributed by atoms with Gasteiger partial charge in [-0.25, -0.2) is 4.98 Å². The Labute approximate surface area is 122 Å². The zero-order valence-electron chi connectivity index (χ0n) is 11.5. The molecular formula is C17H12BNO2. The molecule has 100 valence electrons. The minimum absolute atomic E-state index is 0.582. The van der Waals surface area contributed by atoms with Crippen molar-refractivity contribution >= 4 is 29.9 Å². The van der Waals surface area contributed by atoms with E-state index in [-0.39, 0.29) is 0 Å². The molecule has 0 bridgehead atoms. The second-order valence-electron chi connectivity index (χ2n) is 4.85. The molecule has 0 aliphatic carbocycles. The van der Waals surface area contributed by atoms with Gasteiger partial charge in [0.1, 0.15) is 11.3 Å². The summed E-state index contributed by atoms with van der Waals surface area (Å²) in [6.45, 7) is 0. The summed E-state index contributed by atoms with van der Waals surface area (Å²) in [6.07, 6.45) is 0. The lowest BCUT2D eigenvalue weighted by atomic mass is 10.0. The van der Waals surface area contributed by atoms with Crippen molar-refractivity contribution in [2.75, 3.05) is 0 Å². The van der Waals surface area contributed by atoms with E-state index in [1.54, 1.807) is 8.05 Å². The van der Waals surface area contributed by atoms with Crippen LogP contribution in [0.3, 0.4) is 0 Å². The SMILES string of the molecule is BOc1c(-c2nc3ccccc3o2)ccc2ccccc12. The number of hydrogen-bond acceptors (Lipinski definition) is 3. The van der Waals surface area contributed by atoms with Crippen molar-refractivity contribution in [2.45, 2.75) is 0 Å². The Balaban J connectivity index is 2.01. The lowest BCUT2D eigenvalue weighted by Gasteiger charge is -2.10. The van der Waals surface area contributed by atoms with Crippen LogP contribution >= 0.6 is 0 Å². The van der Waals surface area contributed by atoms with E-state index in [1.807, 2.05) is 48.5 Å².